The van der Waals surface area contributed by atoms with Gasteiger partial charge in [-0.15, -0.1) is 0 Å². The lowest BCUT2D eigenvalue weighted by Gasteiger charge is -2.31. The van der Waals surface area contributed by atoms with Crippen molar-refractivity contribution in [2.75, 3.05) is 40.8 Å². The van der Waals surface area contributed by atoms with Gasteiger partial charge in [0.15, 0.2) is 0 Å². The normalized spacial score (nSPS) is 10.9. The van der Waals surface area contributed by atoms with Crippen LogP contribution in [0.3, 0.4) is 0 Å². The fourth-order valence-electron chi connectivity index (χ4n) is 1.73. The van der Waals surface area contributed by atoms with Crippen LogP contribution in [-0.2, 0) is 4.79 Å². The van der Waals surface area contributed by atoms with Gasteiger partial charge in [0.25, 0.3) is 0 Å². The van der Waals surface area contributed by atoms with Crippen LogP contribution in [0.25, 0.3) is 0 Å². The Kier molecular flexibility index (Phi) is 8.14. The molecule has 0 atom stereocenters. The van der Waals surface area contributed by atoms with E-state index in [0.717, 1.165) is 13.0 Å². The number of carbonyl (C=O) groups is 2. The third-order valence-corrected chi connectivity index (χ3v) is 2.86. The van der Waals surface area contributed by atoms with Gasteiger partial charge in [-0.1, -0.05) is 0 Å². The molecule has 0 aromatic rings. The minimum absolute atomic E-state index is 0.00292. The molecule has 0 aliphatic carbocycles. The Morgan fingerprint density at radius 2 is 1.63 bits per heavy atom. The number of hydrogen-bond acceptors (Lipinski definition) is 3. The summed E-state index contributed by atoms with van der Waals surface area (Å²) in [7, 11) is 5.75. The number of nitrogens with zero attached hydrogens (tertiary/aromatic N) is 3. The second-order valence-electron chi connectivity index (χ2n) is 5.29. The lowest BCUT2D eigenvalue weighted by atomic mass is 10.3. The minimum atomic E-state index is -0.881. The number of urea groups is 1. The molecule has 0 fully saturated rings. The molecule has 2 amide bonds. The average Bonchev–Trinajstić information content (AvgIpc) is 2.27. The van der Waals surface area contributed by atoms with Crippen molar-refractivity contribution >= 4 is 12.0 Å². The Hall–Kier alpha value is -1.30. The lowest BCUT2D eigenvalue weighted by Crippen LogP contribution is -2.46. The summed E-state index contributed by atoms with van der Waals surface area (Å²) >= 11 is 0. The van der Waals surface area contributed by atoms with Crippen molar-refractivity contribution in [2.24, 2.45) is 0 Å². The number of carboxylic acids is 1. The Balaban J connectivity index is 4.32. The van der Waals surface area contributed by atoms with E-state index >= 15 is 0 Å². The number of hydrogen-bond donors (Lipinski definition) is 1. The van der Waals surface area contributed by atoms with Crippen molar-refractivity contribution in [1.82, 2.24) is 14.7 Å². The minimum Gasteiger partial charge on any atom is -0.481 e. The summed E-state index contributed by atoms with van der Waals surface area (Å²) in [6, 6.07) is -0.0989. The number of carboxylic acid groups (broad SMARTS) is 1. The fourth-order valence-corrected chi connectivity index (χ4v) is 1.73. The summed E-state index contributed by atoms with van der Waals surface area (Å²) in [4.78, 5) is 28.2. The zero-order valence-electron chi connectivity index (χ0n) is 12.7. The second-order valence-corrected chi connectivity index (χ2v) is 5.29. The van der Waals surface area contributed by atoms with Gasteiger partial charge >= 0.3 is 12.0 Å². The Bertz CT molecular complexity index is 293. The second kappa shape index (κ2) is 8.74. The molecular weight excluding hydrogens is 246 g/mol. The van der Waals surface area contributed by atoms with E-state index in [1.165, 1.54) is 0 Å². The van der Waals surface area contributed by atoms with Crippen molar-refractivity contribution in [2.45, 2.75) is 32.7 Å². The van der Waals surface area contributed by atoms with Crippen LogP contribution in [0.2, 0.25) is 0 Å². The van der Waals surface area contributed by atoms with Gasteiger partial charge in [0, 0.05) is 26.2 Å². The van der Waals surface area contributed by atoms with Crippen molar-refractivity contribution in [1.29, 1.82) is 0 Å². The Morgan fingerprint density at radius 1 is 1.05 bits per heavy atom. The molecule has 0 aliphatic rings. The van der Waals surface area contributed by atoms with Crippen LogP contribution in [0.1, 0.15) is 26.7 Å². The van der Waals surface area contributed by atoms with E-state index in [1.54, 1.807) is 16.8 Å². The molecule has 0 rings (SSSR count). The van der Waals surface area contributed by atoms with E-state index in [4.69, 9.17) is 5.11 Å². The maximum Gasteiger partial charge on any atom is 0.319 e. The fraction of sp³-hybridized carbons (Fsp3) is 0.846. The highest BCUT2D eigenvalue weighted by Crippen LogP contribution is 2.05. The van der Waals surface area contributed by atoms with Crippen LogP contribution < -0.4 is 0 Å². The first-order valence-corrected chi connectivity index (χ1v) is 6.64. The number of carbonyl (C=O) groups excluding carboxylic acids is 1. The summed E-state index contributed by atoms with van der Waals surface area (Å²) in [5.41, 5.74) is 0. The summed E-state index contributed by atoms with van der Waals surface area (Å²) in [5.74, 6) is -0.881. The quantitative estimate of drug-likeness (QED) is 0.721. The molecule has 1 N–H and O–H groups in total. The molecule has 0 bridgehead atoms. The summed E-state index contributed by atoms with van der Waals surface area (Å²) in [5, 5.41) is 8.71. The van der Waals surface area contributed by atoms with Crippen LogP contribution in [0.5, 0.6) is 0 Å². The predicted octanol–water partition coefficient (Wildman–Crippen LogP) is 1.18. The predicted molar refractivity (Wildman–Crippen MR) is 75.3 cm³/mol. The molecule has 0 unspecified atom stereocenters. The van der Waals surface area contributed by atoms with Crippen molar-refractivity contribution in [3.8, 4) is 0 Å². The van der Waals surface area contributed by atoms with Crippen LogP contribution in [0.4, 0.5) is 4.79 Å². The van der Waals surface area contributed by atoms with Gasteiger partial charge in [0.1, 0.15) is 0 Å². The summed E-state index contributed by atoms with van der Waals surface area (Å²) in [6.45, 7) is 5.65. The van der Waals surface area contributed by atoms with E-state index in [0.29, 0.717) is 6.54 Å². The van der Waals surface area contributed by atoms with Gasteiger partial charge < -0.3 is 19.8 Å². The van der Waals surface area contributed by atoms with Crippen LogP contribution in [0, 0.1) is 0 Å². The maximum absolute atomic E-state index is 12.2. The average molecular weight is 273 g/mol. The first-order valence-electron chi connectivity index (χ1n) is 6.64. The van der Waals surface area contributed by atoms with Crippen LogP contribution in [-0.4, -0.2) is 78.6 Å². The first kappa shape index (κ1) is 17.7. The highest BCUT2D eigenvalue weighted by Gasteiger charge is 2.21. The van der Waals surface area contributed by atoms with Gasteiger partial charge in [-0.25, -0.2) is 4.79 Å². The van der Waals surface area contributed by atoms with Gasteiger partial charge in [-0.3, -0.25) is 4.79 Å². The first-order chi connectivity index (χ1) is 8.75. The molecule has 0 aromatic heterocycles. The molecule has 0 aliphatic heterocycles. The largest absolute Gasteiger partial charge is 0.481 e. The zero-order valence-corrected chi connectivity index (χ0v) is 12.7. The molecule has 0 aromatic carbocycles. The van der Waals surface area contributed by atoms with Gasteiger partial charge in [-0.2, -0.15) is 0 Å². The number of rotatable bonds is 8. The standard InChI is InChI=1S/C13H27N3O3/c1-11(2)16(10-7-12(17)18)13(19)15(5)9-6-8-14(3)4/h11H,6-10H2,1-5H3,(H,17,18). The molecule has 0 saturated carbocycles. The number of aliphatic carboxylic acids is 1. The van der Waals surface area contributed by atoms with E-state index in [2.05, 4.69) is 4.90 Å². The molecule has 0 radical (unpaired) electrons. The SMILES string of the molecule is CC(C)N(CCC(=O)O)C(=O)N(C)CCCN(C)C. The topological polar surface area (TPSA) is 64.1 Å². The van der Waals surface area contributed by atoms with Crippen LogP contribution in [0.15, 0.2) is 0 Å². The third-order valence-electron chi connectivity index (χ3n) is 2.86. The van der Waals surface area contributed by atoms with Gasteiger partial charge in [0.2, 0.25) is 0 Å². The van der Waals surface area contributed by atoms with E-state index < -0.39 is 5.97 Å². The monoisotopic (exact) mass is 273 g/mol. The van der Waals surface area contributed by atoms with Crippen LogP contribution >= 0.6 is 0 Å². The third kappa shape index (κ3) is 7.66. The smallest absolute Gasteiger partial charge is 0.319 e. The maximum atomic E-state index is 12.2. The lowest BCUT2D eigenvalue weighted by molar-refractivity contribution is -0.137. The van der Waals surface area contributed by atoms with Gasteiger partial charge in [-0.05, 0) is 40.9 Å². The molecule has 0 heterocycles. The molecule has 19 heavy (non-hydrogen) atoms. The van der Waals surface area contributed by atoms with Gasteiger partial charge in [0.05, 0.1) is 6.42 Å². The molecule has 0 saturated heterocycles. The van der Waals surface area contributed by atoms with Crippen molar-refractivity contribution < 1.29 is 14.7 Å². The zero-order chi connectivity index (χ0) is 15.0. The van der Waals surface area contributed by atoms with E-state index in [9.17, 15) is 9.59 Å². The molecule has 6 nitrogen and oxygen atoms in total. The molecular formula is C13H27N3O3. The molecule has 6 heteroatoms. The summed E-state index contributed by atoms with van der Waals surface area (Å²) < 4.78 is 0. The molecule has 0 spiro atoms. The summed E-state index contributed by atoms with van der Waals surface area (Å²) in [6.07, 6.45) is 0.884. The number of amides is 2. The highest BCUT2D eigenvalue weighted by atomic mass is 16.4. The molecule has 112 valence electrons. The highest BCUT2D eigenvalue weighted by molar-refractivity contribution is 5.75. The Morgan fingerprint density at radius 3 is 2.05 bits per heavy atom. The van der Waals surface area contributed by atoms with E-state index in [1.807, 2.05) is 27.9 Å². The van der Waals surface area contributed by atoms with E-state index in [-0.39, 0.29) is 25.0 Å². The Labute approximate surface area is 116 Å². The van der Waals surface area contributed by atoms with Crippen molar-refractivity contribution in [3.05, 3.63) is 0 Å². The van der Waals surface area contributed by atoms with Crippen molar-refractivity contribution in [3.63, 3.8) is 0 Å².